The maximum atomic E-state index is 10.7. The molecule has 0 aliphatic carbocycles. The van der Waals surface area contributed by atoms with Crippen LogP contribution in [0.3, 0.4) is 0 Å². The fraction of sp³-hybridized carbons (Fsp3) is 0.938. The minimum absolute atomic E-state index is 0.0180. The average Bonchev–Trinajstić information content (AvgIpc) is 2.40. The van der Waals surface area contributed by atoms with Crippen molar-refractivity contribution in [3.8, 4) is 0 Å². The van der Waals surface area contributed by atoms with Crippen LogP contribution in [0.5, 0.6) is 0 Å². The molecule has 18 heavy (non-hydrogen) atoms. The number of carbonyl (C=O) groups is 1. The summed E-state index contributed by atoms with van der Waals surface area (Å²) in [6, 6.07) is 0. The van der Waals surface area contributed by atoms with Gasteiger partial charge in [0.1, 0.15) is 6.29 Å². The minimum atomic E-state index is 0.0180. The lowest BCUT2D eigenvalue weighted by Crippen LogP contribution is -2.34. The fourth-order valence-electron chi connectivity index (χ4n) is 2.39. The monoisotopic (exact) mass is 256 g/mol. The first kappa shape index (κ1) is 17.6. The van der Waals surface area contributed by atoms with Crippen molar-refractivity contribution in [2.24, 2.45) is 5.92 Å². The number of carbonyl (C=O) groups excluding carboxylic acids is 1. The lowest BCUT2D eigenvalue weighted by atomic mass is 9.86. The summed E-state index contributed by atoms with van der Waals surface area (Å²) in [5, 5.41) is 0. The Labute approximate surface area is 113 Å². The zero-order valence-corrected chi connectivity index (χ0v) is 12.8. The van der Waals surface area contributed by atoms with Crippen molar-refractivity contribution in [2.45, 2.75) is 84.7 Å². The quantitative estimate of drug-likeness (QED) is 0.471. The Balaban J connectivity index is 4.52. The summed E-state index contributed by atoms with van der Waals surface area (Å²) in [4.78, 5) is 10.7. The molecule has 0 spiro atoms. The summed E-state index contributed by atoms with van der Waals surface area (Å²) in [5.41, 5.74) is 0.0258. The van der Waals surface area contributed by atoms with Crippen LogP contribution in [0.4, 0.5) is 0 Å². The van der Waals surface area contributed by atoms with Crippen LogP contribution in [-0.2, 0) is 9.53 Å². The van der Waals surface area contributed by atoms with Crippen LogP contribution in [0.25, 0.3) is 0 Å². The maximum Gasteiger partial charge on any atom is 0.125 e. The Hall–Kier alpha value is -0.370. The molecule has 2 nitrogen and oxygen atoms in total. The predicted octanol–water partition coefficient (Wildman–Crippen LogP) is 4.76. The molecule has 0 aliphatic rings. The molecule has 0 heterocycles. The van der Waals surface area contributed by atoms with Gasteiger partial charge in [0.2, 0.25) is 0 Å². The van der Waals surface area contributed by atoms with Gasteiger partial charge in [-0.15, -0.1) is 0 Å². The summed E-state index contributed by atoms with van der Waals surface area (Å²) in [6.07, 6.45) is 10.4. The van der Waals surface area contributed by atoms with Crippen LogP contribution in [0.1, 0.15) is 79.1 Å². The van der Waals surface area contributed by atoms with E-state index in [1.807, 2.05) is 6.92 Å². The molecule has 0 rings (SSSR count). The van der Waals surface area contributed by atoms with E-state index in [0.29, 0.717) is 6.61 Å². The summed E-state index contributed by atoms with van der Waals surface area (Å²) in [6.45, 7) is 9.19. The van der Waals surface area contributed by atoms with Gasteiger partial charge in [0.25, 0.3) is 0 Å². The molecule has 0 fully saturated rings. The third kappa shape index (κ3) is 7.15. The molecule has 1 atom stereocenters. The van der Waals surface area contributed by atoms with E-state index >= 15 is 0 Å². The molecule has 108 valence electrons. The van der Waals surface area contributed by atoms with Crippen LogP contribution < -0.4 is 0 Å². The average molecular weight is 256 g/mol. The standard InChI is InChI=1S/C16H32O2/c1-5-8-11-16(10-7-3,12-9-6-2)18-14-15(4)13-17/h13,15H,5-12,14H2,1-4H3. The fourth-order valence-corrected chi connectivity index (χ4v) is 2.39. The van der Waals surface area contributed by atoms with Crippen molar-refractivity contribution in [1.82, 2.24) is 0 Å². The van der Waals surface area contributed by atoms with Gasteiger partial charge < -0.3 is 9.53 Å². The number of aldehydes is 1. The van der Waals surface area contributed by atoms with E-state index in [9.17, 15) is 4.79 Å². The van der Waals surface area contributed by atoms with Crippen molar-refractivity contribution in [2.75, 3.05) is 6.61 Å². The molecule has 0 N–H and O–H groups in total. The molecule has 0 aliphatic heterocycles. The second-order valence-electron chi connectivity index (χ2n) is 5.56. The van der Waals surface area contributed by atoms with Gasteiger partial charge in [-0.25, -0.2) is 0 Å². The van der Waals surface area contributed by atoms with Crippen molar-refractivity contribution in [3.05, 3.63) is 0 Å². The molecule has 0 radical (unpaired) electrons. The maximum absolute atomic E-state index is 10.7. The zero-order chi connectivity index (χ0) is 13.9. The van der Waals surface area contributed by atoms with Gasteiger partial charge in [-0.3, -0.25) is 0 Å². The van der Waals surface area contributed by atoms with Gasteiger partial charge in [0.05, 0.1) is 12.2 Å². The Morgan fingerprint density at radius 2 is 1.56 bits per heavy atom. The topological polar surface area (TPSA) is 26.3 Å². The van der Waals surface area contributed by atoms with Crippen molar-refractivity contribution >= 4 is 6.29 Å². The lowest BCUT2D eigenvalue weighted by Gasteiger charge is -2.35. The molecule has 0 aromatic heterocycles. The number of rotatable bonds is 12. The Kier molecular flexibility index (Phi) is 10.3. The van der Waals surface area contributed by atoms with Crippen molar-refractivity contribution in [3.63, 3.8) is 0 Å². The molecular formula is C16H32O2. The van der Waals surface area contributed by atoms with Crippen LogP contribution >= 0.6 is 0 Å². The third-order valence-electron chi connectivity index (χ3n) is 3.56. The van der Waals surface area contributed by atoms with E-state index in [4.69, 9.17) is 4.74 Å². The summed E-state index contributed by atoms with van der Waals surface area (Å²) >= 11 is 0. The van der Waals surface area contributed by atoms with E-state index in [1.165, 1.54) is 25.7 Å². The van der Waals surface area contributed by atoms with E-state index < -0.39 is 0 Å². The molecule has 0 saturated carbocycles. The summed E-state index contributed by atoms with van der Waals surface area (Å²) in [7, 11) is 0. The van der Waals surface area contributed by atoms with E-state index in [-0.39, 0.29) is 11.5 Å². The van der Waals surface area contributed by atoms with Crippen LogP contribution in [-0.4, -0.2) is 18.5 Å². The van der Waals surface area contributed by atoms with Gasteiger partial charge in [-0.1, -0.05) is 59.8 Å². The van der Waals surface area contributed by atoms with Crippen molar-refractivity contribution < 1.29 is 9.53 Å². The zero-order valence-electron chi connectivity index (χ0n) is 12.8. The first-order valence-electron chi connectivity index (χ1n) is 7.73. The van der Waals surface area contributed by atoms with Crippen LogP contribution in [0.2, 0.25) is 0 Å². The van der Waals surface area contributed by atoms with E-state index in [2.05, 4.69) is 20.8 Å². The van der Waals surface area contributed by atoms with E-state index in [1.54, 1.807) is 0 Å². The van der Waals surface area contributed by atoms with Gasteiger partial charge in [-0.05, 0) is 19.3 Å². The lowest BCUT2D eigenvalue weighted by molar-refractivity contribution is -0.118. The number of hydrogen-bond donors (Lipinski definition) is 0. The molecular weight excluding hydrogens is 224 g/mol. The Morgan fingerprint density at radius 3 is 1.94 bits per heavy atom. The van der Waals surface area contributed by atoms with E-state index in [0.717, 1.165) is 32.0 Å². The molecule has 0 amide bonds. The minimum Gasteiger partial charge on any atom is -0.374 e. The highest BCUT2D eigenvalue weighted by atomic mass is 16.5. The van der Waals surface area contributed by atoms with Crippen LogP contribution in [0.15, 0.2) is 0 Å². The predicted molar refractivity (Wildman–Crippen MR) is 77.9 cm³/mol. The summed E-state index contributed by atoms with van der Waals surface area (Å²) < 4.78 is 6.20. The Morgan fingerprint density at radius 1 is 1.00 bits per heavy atom. The number of ether oxygens (including phenoxy) is 1. The first-order chi connectivity index (χ1) is 8.64. The second kappa shape index (κ2) is 10.5. The second-order valence-corrected chi connectivity index (χ2v) is 5.56. The molecule has 0 aromatic rings. The van der Waals surface area contributed by atoms with Crippen LogP contribution in [0, 0.1) is 5.92 Å². The normalized spacial score (nSPS) is 13.6. The van der Waals surface area contributed by atoms with Gasteiger partial charge in [-0.2, -0.15) is 0 Å². The SMILES string of the molecule is CCCCC(CCC)(CCCC)OCC(C)C=O. The van der Waals surface area contributed by atoms with Crippen molar-refractivity contribution in [1.29, 1.82) is 0 Å². The summed E-state index contributed by atoms with van der Waals surface area (Å²) in [5.74, 6) is 0.0180. The highest BCUT2D eigenvalue weighted by Crippen LogP contribution is 2.31. The molecule has 0 bridgehead atoms. The molecule has 2 heteroatoms. The molecule has 1 unspecified atom stereocenters. The largest absolute Gasteiger partial charge is 0.374 e. The Bertz CT molecular complexity index is 193. The third-order valence-corrected chi connectivity index (χ3v) is 3.56. The number of hydrogen-bond acceptors (Lipinski definition) is 2. The smallest absolute Gasteiger partial charge is 0.125 e. The highest BCUT2D eigenvalue weighted by Gasteiger charge is 2.29. The first-order valence-corrected chi connectivity index (χ1v) is 7.73. The number of unbranched alkanes of at least 4 members (excludes halogenated alkanes) is 2. The van der Waals surface area contributed by atoms with Gasteiger partial charge >= 0.3 is 0 Å². The molecule has 0 aromatic carbocycles. The molecule has 0 saturated heterocycles. The van der Waals surface area contributed by atoms with Gasteiger partial charge in [0, 0.05) is 5.92 Å². The van der Waals surface area contributed by atoms with Gasteiger partial charge in [0.15, 0.2) is 0 Å². The highest BCUT2D eigenvalue weighted by molar-refractivity contribution is 5.52.